The quantitative estimate of drug-likeness (QED) is 0.546. The van der Waals surface area contributed by atoms with Gasteiger partial charge in [-0.1, -0.05) is 41.9 Å². The van der Waals surface area contributed by atoms with Crippen LogP contribution >= 0.6 is 11.6 Å². The molecule has 3 aromatic rings. The van der Waals surface area contributed by atoms with Crippen LogP contribution in [0.1, 0.15) is 36.7 Å². The molecule has 0 aliphatic heterocycles. The monoisotopic (exact) mass is 423 g/mol. The lowest BCUT2D eigenvalue weighted by Crippen LogP contribution is -2.38. The molecule has 6 heteroatoms. The molecule has 0 saturated carbocycles. The number of nitrogens with one attached hydrogen (secondary N) is 1. The highest BCUT2D eigenvalue weighted by Crippen LogP contribution is 2.24. The Hall–Kier alpha value is -3.05. The summed E-state index contributed by atoms with van der Waals surface area (Å²) in [5.74, 6) is -0.639. The molecule has 0 unspecified atom stereocenters. The third kappa shape index (κ3) is 4.41. The number of benzene rings is 2. The van der Waals surface area contributed by atoms with Crippen molar-refractivity contribution in [3.05, 3.63) is 76.6 Å². The van der Waals surface area contributed by atoms with Crippen LogP contribution in [0.3, 0.4) is 0 Å². The first-order valence-corrected chi connectivity index (χ1v) is 10.5. The number of amides is 2. The van der Waals surface area contributed by atoms with E-state index in [4.69, 9.17) is 11.6 Å². The molecule has 1 N–H and O–H groups in total. The molecule has 0 saturated heterocycles. The fraction of sp³-hybridized carbons (Fsp3) is 0.250. The summed E-state index contributed by atoms with van der Waals surface area (Å²) in [4.78, 5) is 27.7. The number of hydrogen-bond acceptors (Lipinski definition) is 2. The summed E-state index contributed by atoms with van der Waals surface area (Å²) >= 11 is 6.18. The summed E-state index contributed by atoms with van der Waals surface area (Å²) in [6, 6.07) is 14.8. The van der Waals surface area contributed by atoms with Crippen molar-refractivity contribution in [2.24, 2.45) is 0 Å². The second-order valence-corrected chi connectivity index (χ2v) is 7.26. The molecule has 1 aromatic heterocycles. The second-order valence-electron chi connectivity index (χ2n) is 6.86. The molecule has 0 atom stereocenters. The zero-order chi connectivity index (χ0) is 21.7. The van der Waals surface area contributed by atoms with E-state index in [1.165, 1.54) is 0 Å². The predicted octanol–water partition coefficient (Wildman–Crippen LogP) is 4.95. The molecule has 1 heterocycles. The number of carbonyl (C=O) groups is 2. The maximum atomic E-state index is 13.2. The Bertz CT molecular complexity index is 1100. The van der Waals surface area contributed by atoms with Gasteiger partial charge in [0.25, 0.3) is 11.8 Å². The molecule has 5 nitrogen and oxygen atoms in total. The summed E-state index contributed by atoms with van der Waals surface area (Å²) in [6.07, 6.45) is 3.76. The first kappa shape index (κ1) is 21.7. The van der Waals surface area contributed by atoms with E-state index in [9.17, 15) is 9.59 Å². The number of nitrogens with zero attached hydrogens (tertiary/aromatic N) is 2. The van der Waals surface area contributed by atoms with Gasteiger partial charge in [0.1, 0.15) is 5.70 Å². The van der Waals surface area contributed by atoms with E-state index >= 15 is 0 Å². The molecule has 30 heavy (non-hydrogen) atoms. The van der Waals surface area contributed by atoms with E-state index in [2.05, 4.69) is 16.8 Å². The standard InChI is InChI=1S/C24H26ClN3O2/c1-4-27(5-2)24(30)21(26-23(29)19-12-7-9-13-20(19)25)15-17-16-28(6-3)22-14-10-8-11-18(17)22/h7-16H,4-6H2,1-3H3,(H,26,29). The predicted molar refractivity (Wildman–Crippen MR) is 122 cm³/mol. The van der Waals surface area contributed by atoms with Gasteiger partial charge >= 0.3 is 0 Å². The Morgan fingerprint density at radius 2 is 1.70 bits per heavy atom. The number of para-hydroxylation sites is 1. The molecule has 0 aliphatic carbocycles. The van der Waals surface area contributed by atoms with Crippen LogP contribution in [0.25, 0.3) is 17.0 Å². The minimum absolute atomic E-state index is 0.225. The lowest BCUT2D eigenvalue weighted by atomic mass is 10.1. The first-order chi connectivity index (χ1) is 14.5. The molecule has 0 bridgehead atoms. The molecule has 0 radical (unpaired) electrons. The summed E-state index contributed by atoms with van der Waals surface area (Å²) in [7, 11) is 0. The Labute approximate surface area is 181 Å². The molecule has 2 aromatic carbocycles. The second kappa shape index (κ2) is 9.63. The van der Waals surface area contributed by atoms with E-state index in [1.807, 2.05) is 44.3 Å². The van der Waals surface area contributed by atoms with Crippen LogP contribution in [-0.2, 0) is 11.3 Å². The highest BCUT2D eigenvalue weighted by atomic mass is 35.5. The molecule has 3 rings (SSSR count). The van der Waals surface area contributed by atoms with Gasteiger partial charge < -0.3 is 14.8 Å². The number of aromatic nitrogens is 1. The molecule has 156 valence electrons. The van der Waals surface area contributed by atoms with Crippen molar-refractivity contribution in [1.82, 2.24) is 14.8 Å². The van der Waals surface area contributed by atoms with Gasteiger partial charge in [-0.3, -0.25) is 9.59 Å². The largest absolute Gasteiger partial charge is 0.347 e. The number of rotatable bonds is 7. The number of aryl methyl sites for hydroxylation is 1. The molecule has 0 aliphatic rings. The molecular formula is C24H26ClN3O2. The number of likely N-dealkylation sites (N-methyl/N-ethyl adjacent to an activating group) is 1. The zero-order valence-corrected chi connectivity index (χ0v) is 18.2. The van der Waals surface area contributed by atoms with Crippen LogP contribution in [0.15, 0.2) is 60.4 Å². The van der Waals surface area contributed by atoms with Gasteiger partial charge in [0, 0.05) is 42.3 Å². The van der Waals surface area contributed by atoms with Crippen LogP contribution in [0.4, 0.5) is 0 Å². The molecule has 0 fully saturated rings. The van der Waals surface area contributed by atoms with E-state index < -0.39 is 5.91 Å². The molecular weight excluding hydrogens is 398 g/mol. The Morgan fingerprint density at radius 3 is 2.37 bits per heavy atom. The van der Waals surface area contributed by atoms with Crippen molar-refractivity contribution < 1.29 is 9.59 Å². The lowest BCUT2D eigenvalue weighted by molar-refractivity contribution is -0.127. The third-order valence-corrected chi connectivity index (χ3v) is 5.44. The van der Waals surface area contributed by atoms with E-state index in [1.54, 1.807) is 35.2 Å². The van der Waals surface area contributed by atoms with Crippen LogP contribution in [0, 0.1) is 0 Å². The fourth-order valence-electron chi connectivity index (χ4n) is 3.47. The molecule has 2 amide bonds. The van der Waals surface area contributed by atoms with Gasteiger partial charge in [0.2, 0.25) is 0 Å². The number of halogens is 1. The maximum absolute atomic E-state index is 13.2. The van der Waals surface area contributed by atoms with Crippen molar-refractivity contribution >= 4 is 40.4 Å². The van der Waals surface area contributed by atoms with Crippen LogP contribution in [-0.4, -0.2) is 34.4 Å². The summed E-state index contributed by atoms with van der Waals surface area (Å²) < 4.78 is 2.12. The maximum Gasteiger partial charge on any atom is 0.270 e. The van der Waals surface area contributed by atoms with Crippen molar-refractivity contribution in [2.75, 3.05) is 13.1 Å². The average Bonchev–Trinajstić information content (AvgIpc) is 3.12. The summed E-state index contributed by atoms with van der Waals surface area (Å²) in [5, 5.41) is 4.17. The first-order valence-electron chi connectivity index (χ1n) is 10.1. The Balaban J connectivity index is 2.07. The average molecular weight is 424 g/mol. The smallest absolute Gasteiger partial charge is 0.270 e. The summed E-state index contributed by atoms with van der Waals surface area (Å²) in [5.41, 5.74) is 2.51. The van der Waals surface area contributed by atoms with Crippen molar-refractivity contribution in [1.29, 1.82) is 0 Å². The molecule has 0 spiro atoms. The third-order valence-electron chi connectivity index (χ3n) is 5.11. The SMILES string of the molecule is CCN(CC)C(=O)C(=Cc1cn(CC)c2ccccc12)NC(=O)c1ccccc1Cl. The highest BCUT2D eigenvalue weighted by Gasteiger charge is 2.20. The lowest BCUT2D eigenvalue weighted by Gasteiger charge is -2.21. The van der Waals surface area contributed by atoms with Crippen LogP contribution in [0.5, 0.6) is 0 Å². The highest BCUT2D eigenvalue weighted by molar-refractivity contribution is 6.34. The van der Waals surface area contributed by atoms with Gasteiger partial charge in [0.15, 0.2) is 0 Å². The van der Waals surface area contributed by atoms with Crippen molar-refractivity contribution in [3.63, 3.8) is 0 Å². The topological polar surface area (TPSA) is 54.3 Å². The van der Waals surface area contributed by atoms with Crippen LogP contribution in [0.2, 0.25) is 5.02 Å². The summed E-state index contributed by atoms with van der Waals surface area (Å²) in [6.45, 7) is 7.80. The minimum Gasteiger partial charge on any atom is -0.347 e. The van der Waals surface area contributed by atoms with Gasteiger partial charge in [0.05, 0.1) is 10.6 Å². The van der Waals surface area contributed by atoms with E-state index in [0.717, 1.165) is 23.0 Å². The normalized spacial score (nSPS) is 11.5. The van der Waals surface area contributed by atoms with Gasteiger partial charge in [-0.25, -0.2) is 0 Å². The van der Waals surface area contributed by atoms with Gasteiger partial charge in [-0.15, -0.1) is 0 Å². The van der Waals surface area contributed by atoms with Gasteiger partial charge in [-0.2, -0.15) is 0 Å². The minimum atomic E-state index is -0.411. The van der Waals surface area contributed by atoms with Crippen LogP contribution < -0.4 is 5.32 Å². The van der Waals surface area contributed by atoms with Gasteiger partial charge in [-0.05, 0) is 45.0 Å². The number of carbonyl (C=O) groups excluding carboxylic acids is 2. The Morgan fingerprint density at radius 1 is 1.03 bits per heavy atom. The zero-order valence-electron chi connectivity index (χ0n) is 17.5. The Kier molecular flexibility index (Phi) is 6.95. The van der Waals surface area contributed by atoms with Crippen molar-refractivity contribution in [2.45, 2.75) is 27.3 Å². The van der Waals surface area contributed by atoms with E-state index in [-0.39, 0.29) is 11.6 Å². The van der Waals surface area contributed by atoms with Crippen molar-refractivity contribution in [3.8, 4) is 0 Å². The fourth-order valence-corrected chi connectivity index (χ4v) is 3.70. The van der Waals surface area contributed by atoms with E-state index in [0.29, 0.717) is 23.7 Å². The number of hydrogen-bond donors (Lipinski definition) is 1. The number of fused-ring (bicyclic) bond motifs is 1.